The van der Waals surface area contributed by atoms with Crippen LogP contribution in [0, 0.1) is 5.41 Å². The molecule has 5 rings (SSSR count). The molecule has 0 radical (unpaired) electrons. The van der Waals surface area contributed by atoms with Crippen molar-refractivity contribution in [1.82, 2.24) is 15.3 Å². The molecule has 0 unspecified atom stereocenters. The van der Waals surface area contributed by atoms with Gasteiger partial charge in [-0.2, -0.15) is 23.1 Å². The van der Waals surface area contributed by atoms with Crippen LogP contribution in [0.15, 0.2) is 48.5 Å². The van der Waals surface area contributed by atoms with E-state index in [0.29, 0.717) is 55.8 Å². The Balaban J connectivity index is 1.42. The number of rotatable bonds is 7. The molecule has 2 atom stereocenters. The SMILES string of the molecule is Nc1nc(O[C@H](c2ccc(Cl)cc2-c2cccc(CO)c2)C(F)(F)F)cc(N2CCC3(CC2)CN[C@H](C(=O)O)C3)n1. The van der Waals surface area contributed by atoms with Crippen molar-refractivity contribution in [2.24, 2.45) is 5.41 Å². The second-order valence-corrected chi connectivity index (χ2v) is 11.0. The van der Waals surface area contributed by atoms with Gasteiger partial charge in [-0.15, -0.1) is 0 Å². The largest absolute Gasteiger partial charge is 0.480 e. The molecule has 9 nitrogen and oxygen atoms in total. The highest BCUT2D eigenvalue weighted by molar-refractivity contribution is 6.30. The van der Waals surface area contributed by atoms with Gasteiger partial charge in [0.2, 0.25) is 17.9 Å². The average Bonchev–Trinajstić information content (AvgIpc) is 3.35. The maximum atomic E-state index is 14.5. The number of aliphatic carboxylic acids is 1. The van der Waals surface area contributed by atoms with E-state index in [-0.39, 0.29) is 40.0 Å². The fourth-order valence-corrected chi connectivity index (χ4v) is 5.78. The number of aromatic nitrogens is 2. The van der Waals surface area contributed by atoms with E-state index in [1.807, 2.05) is 4.90 Å². The lowest BCUT2D eigenvalue weighted by Gasteiger charge is -2.39. The van der Waals surface area contributed by atoms with E-state index in [4.69, 9.17) is 22.1 Å². The number of alkyl halides is 3. The zero-order valence-electron chi connectivity index (χ0n) is 21.9. The van der Waals surface area contributed by atoms with E-state index in [0.717, 1.165) is 0 Å². The van der Waals surface area contributed by atoms with Crippen LogP contribution in [0.3, 0.4) is 0 Å². The molecule has 2 saturated heterocycles. The van der Waals surface area contributed by atoms with E-state index in [1.54, 1.807) is 24.3 Å². The first-order chi connectivity index (χ1) is 19.5. The molecule has 3 heterocycles. The van der Waals surface area contributed by atoms with Gasteiger partial charge in [0.05, 0.1) is 6.61 Å². The molecule has 0 aliphatic carbocycles. The first-order valence-corrected chi connectivity index (χ1v) is 13.4. The van der Waals surface area contributed by atoms with Gasteiger partial charge in [0.25, 0.3) is 0 Å². The summed E-state index contributed by atoms with van der Waals surface area (Å²) in [6.45, 7) is 1.36. The summed E-state index contributed by atoms with van der Waals surface area (Å²) in [7, 11) is 0. The van der Waals surface area contributed by atoms with Gasteiger partial charge in [0.1, 0.15) is 11.9 Å². The summed E-state index contributed by atoms with van der Waals surface area (Å²) in [6.07, 6.45) is -5.33. The number of hydrogen-bond acceptors (Lipinski definition) is 8. The van der Waals surface area contributed by atoms with E-state index in [2.05, 4.69) is 15.3 Å². The molecule has 5 N–H and O–H groups in total. The molecule has 1 spiro atoms. The van der Waals surface area contributed by atoms with Crippen LogP contribution in [-0.2, 0) is 11.4 Å². The Morgan fingerprint density at radius 3 is 2.61 bits per heavy atom. The summed E-state index contributed by atoms with van der Waals surface area (Å²) in [5.41, 5.74) is 6.72. The third-order valence-corrected chi connectivity index (χ3v) is 8.00. The van der Waals surface area contributed by atoms with Crippen molar-refractivity contribution >= 4 is 29.3 Å². The Kier molecular flexibility index (Phi) is 8.00. The Bertz CT molecular complexity index is 1430. The van der Waals surface area contributed by atoms with Crippen molar-refractivity contribution in [2.45, 2.75) is 44.2 Å². The highest BCUT2D eigenvalue weighted by atomic mass is 35.5. The van der Waals surface area contributed by atoms with Crippen molar-refractivity contribution in [3.63, 3.8) is 0 Å². The Labute approximate surface area is 239 Å². The molecule has 2 fully saturated rings. The molecule has 13 heteroatoms. The number of nitrogens with two attached hydrogens (primary N) is 1. The smallest absolute Gasteiger partial charge is 0.429 e. The lowest BCUT2D eigenvalue weighted by Crippen LogP contribution is -2.41. The number of piperidine rings is 1. The number of carbonyl (C=O) groups is 1. The molecule has 0 bridgehead atoms. The minimum atomic E-state index is -4.83. The topological polar surface area (TPSA) is 134 Å². The number of nitrogen functional groups attached to an aromatic ring is 1. The summed E-state index contributed by atoms with van der Waals surface area (Å²) in [5, 5.41) is 22.2. The van der Waals surface area contributed by atoms with Gasteiger partial charge in [-0.25, -0.2) is 0 Å². The van der Waals surface area contributed by atoms with Gasteiger partial charge < -0.3 is 30.9 Å². The predicted octanol–water partition coefficient (Wildman–Crippen LogP) is 4.59. The van der Waals surface area contributed by atoms with E-state index in [9.17, 15) is 28.2 Å². The number of anilines is 2. The maximum Gasteiger partial charge on any atom is 0.429 e. The minimum Gasteiger partial charge on any atom is -0.480 e. The third kappa shape index (κ3) is 6.34. The van der Waals surface area contributed by atoms with Crippen LogP contribution in [0.4, 0.5) is 24.9 Å². The number of nitrogens with zero attached hydrogens (tertiary/aromatic N) is 3. The molecule has 2 aromatic carbocycles. The van der Waals surface area contributed by atoms with E-state index < -0.39 is 24.3 Å². The molecule has 41 heavy (non-hydrogen) atoms. The lowest BCUT2D eigenvalue weighted by atomic mass is 9.76. The molecular weight excluding hydrogens is 563 g/mol. The van der Waals surface area contributed by atoms with Crippen molar-refractivity contribution in [2.75, 3.05) is 30.3 Å². The molecule has 218 valence electrons. The number of aliphatic hydroxyl groups excluding tert-OH is 1. The van der Waals surface area contributed by atoms with Crippen LogP contribution >= 0.6 is 11.6 Å². The summed E-state index contributed by atoms with van der Waals surface area (Å²) in [4.78, 5) is 21.4. The second-order valence-electron chi connectivity index (χ2n) is 10.5. The summed E-state index contributed by atoms with van der Waals surface area (Å²) < 4.78 is 49.1. The zero-order valence-corrected chi connectivity index (χ0v) is 22.6. The van der Waals surface area contributed by atoms with Crippen LogP contribution in [0.25, 0.3) is 11.1 Å². The average molecular weight is 592 g/mol. The van der Waals surface area contributed by atoms with Crippen molar-refractivity contribution < 1.29 is 32.9 Å². The lowest BCUT2D eigenvalue weighted by molar-refractivity contribution is -0.198. The van der Waals surface area contributed by atoms with Gasteiger partial charge in [0.15, 0.2) is 0 Å². The van der Waals surface area contributed by atoms with Gasteiger partial charge in [-0.1, -0.05) is 35.9 Å². The fourth-order valence-electron chi connectivity index (χ4n) is 5.61. The number of aliphatic hydroxyl groups is 1. The van der Waals surface area contributed by atoms with Crippen LogP contribution in [-0.4, -0.2) is 58.0 Å². The molecular formula is C28H29ClF3N5O4. The highest BCUT2D eigenvalue weighted by Gasteiger charge is 2.46. The highest BCUT2D eigenvalue weighted by Crippen LogP contribution is 2.43. The number of hydrogen-bond donors (Lipinski definition) is 4. The first-order valence-electron chi connectivity index (χ1n) is 13.0. The van der Waals surface area contributed by atoms with Crippen LogP contribution in [0.1, 0.15) is 36.5 Å². The standard InChI is InChI=1S/C28H29ClF3N5O4/c29-18-4-5-19(20(11-18)17-3-1-2-16(10-17)14-38)24(28(30,31)32)41-23-12-22(35-26(33)36-23)37-8-6-27(7-9-37)13-21(25(39)40)34-15-27/h1-5,10-12,21,24,34,38H,6-9,13-15H2,(H,39,40)(H2,33,35,36)/t21-,24+/m0/s1. The van der Waals surface area contributed by atoms with Gasteiger partial charge in [-0.3, -0.25) is 4.79 Å². The molecule has 2 aliphatic rings. The third-order valence-electron chi connectivity index (χ3n) is 7.77. The van der Waals surface area contributed by atoms with Gasteiger partial charge in [0, 0.05) is 36.3 Å². The molecule has 0 saturated carbocycles. The minimum absolute atomic E-state index is 0.156. The molecule has 1 aromatic heterocycles. The van der Waals surface area contributed by atoms with Gasteiger partial charge >= 0.3 is 12.1 Å². The van der Waals surface area contributed by atoms with Crippen LogP contribution in [0.5, 0.6) is 5.88 Å². The van der Waals surface area contributed by atoms with Gasteiger partial charge in [-0.05, 0) is 59.6 Å². The fraction of sp³-hybridized carbons (Fsp3) is 0.393. The number of carboxylic acid groups (broad SMARTS) is 1. The monoisotopic (exact) mass is 591 g/mol. The predicted molar refractivity (Wildman–Crippen MR) is 147 cm³/mol. The quantitative estimate of drug-likeness (QED) is 0.311. The number of halogens is 4. The zero-order chi connectivity index (χ0) is 29.4. The summed E-state index contributed by atoms with van der Waals surface area (Å²) >= 11 is 6.17. The van der Waals surface area contributed by atoms with Crippen LogP contribution < -0.4 is 20.7 Å². The van der Waals surface area contributed by atoms with Crippen molar-refractivity contribution in [1.29, 1.82) is 0 Å². The second kappa shape index (κ2) is 11.3. The van der Waals surface area contributed by atoms with Crippen LogP contribution in [0.2, 0.25) is 5.02 Å². The Hall–Kier alpha value is -3.61. The number of carboxylic acids is 1. The molecule has 2 aliphatic heterocycles. The number of nitrogens with one attached hydrogen (secondary N) is 1. The first kappa shape index (κ1) is 28.9. The summed E-state index contributed by atoms with van der Waals surface area (Å²) in [5.74, 6) is -1.12. The maximum absolute atomic E-state index is 14.5. The van der Waals surface area contributed by atoms with E-state index in [1.165, 1.54) is 24.3 Å². The van der Waals surface area contributed by atoms with Crippen molar-refractivity contribution in [3.05, 3.63) is 64.7 Å². The summed E-state index contributed by atoms with van der Waals surface area (Å²) in [6, 6.07) is 11.3. The number of ether oxygens (including phenoxy) is 1. The normalized spacial score (nSPS) is 19.3. The number of benzene rings is 2. The Morgan fingerprint density at radius 2 is 1.95 bits per heavy atom. The molecule has 0 amide bonds. The van der Waals surface area contributed by atoms with Crippen molar-refractivity contribution in [3.8, 4) is 17.0 Å². The molecule has 3 aromatic rings. The van der Waals surface area contributed by atoms with E-state index >= 15 is 0 Å². The Morgan fingerprint density at radius 1 is 1.20 bits per heavy atom.